The van der Waals surface area contributed by atoms with Crippen LogP contribution in [-0.2, 0) is 0 Å². The van der Waals surface area contributed by atoms with E-state index in [2.05, 4.69) is 10.2 Å². The van der Waals surface area contributed by atoms with Gasteiger partial charge in [0.2, 0.25) is 0 Å². The lowest BCUT2D eigenvalue weighted by molar-refractivity contribution is 0.0779. The number of aliphatic hydroxyl groups is 2. The molecule has 0 bridgehead atoms. The summed E-state index contributed by atoms with van der Waals surface area (Å²) in [6.45, 7) is 3.73. The molecule has 1 aliphatic rings. The summed E-state index contributed by atoms with van der Waals surface area (Å²) in [4.78, 5) is 2.20. The lowest BCUT2D eigenvalue weighted by Gasteiger charge is -2.41. The minimum absolute atomic E-state index is 0.176. The number of rotatable bonds is 8. The van der Waals surface area contributed by atoms with E-state index in [-0.39, 0.29) is 13.2 Å². The van der Waals surface area contributed by atoms with Crippen LogP contribution in [0.1, 0.15) is 32.1 Å². The fourth-order valence-electron chi connectivity index (χ4n) is 3.09. The van der Waals surface area contributed by atoms with E-state index in [1.165, 1.54) is 32.1 Å². The van der Waals surface area contributed by atoms with E-state index in [1.54, 1.807) is 0 Å². The molecule has 1 aliphatic carbocycles. The molecule has 0 atom stereocenters. The van der Waals surface area contributed by atoms with Crippen LogP contribution in [-0.4, -0.2) is 61.6 Å². The molecule has 0 heterocycles. The zero-order chi connectivity index (χ0) is 12.6. The van der Waals surface area contributed by atoms with Gasteiger partial charge in [0.25, 0.3) is 0 Å². The normalized spacial score (nSPS) is 19.8. The first-order chi connectivity index (χ1) is 8.26. The molecule has 0 aliphatic heterocycles. The predicted octanol–water partition coefficient (Wildman–Crippen LogP) is 0.443. The van der Waals surface area contributed by atoms with E-state index in [1.807, 2.05) is 7.05 Å². The van der Waals surface area contributed by atoms with Gasteiger partial charge in [-0.25, -0.2) is 0 Å². The Kier molecular flexibility index (Phi) is 7.04. The summed E-state index contributed by atoms with van der Waals surface area (Å²) >= 11 is 0. The molecule has 1 rings (SSSR count). The molecule has 0 aromatic rings. The van der Waals surface area contributed by atoms with Crippen LogP contribution in [0.5, 0.6) is 0 Å². The SMILES string of the molecule is CNCC1(CN(CCO)CCO)CCCCC1. The fraction of sp³-hybridized carbons (Fsp3) is 1.00. The molecule has 1 saturated carbocycles. The molecule has 0 radical (unpaired) electrons. The van der Waals surface area contributed by atoms with Crippen molar-refractivity contribution < 1.29 is 10.2 Å². The van der Waals surface area contributed by atoms with Gasteiger partial charge in [0.1, 0.15) is 0 Å². The minimum atomic E-state index is 0.176. The van der Waals surface area contributed by atoms with Crippen molar-refractivity contribution in [1.82, 2.24) is 10.2 Å². The van der Waals surface area contributed by atoms with Crippen molar-refractivity contribution in [2.45, 2.75) is 32.1 Å². The zero-order valence-corrected chi connectivity index (χ0v) is 11.1. The van der Waals surface area contributed by atoms with Crippen molar-refractivity contribution >= 4 is 0 Å². The highest BCUT2D eigenvalue weighted by Crippen LogP contribution is 2.36. The van der Waals surface area contributed by atoms with E-state index in [0.29, 0.717) is 18.5 Å². The Hall–Kier alpha value is -0.160. The monoisotopic (exact) mass is 244 g/mol. The molecule has 0 aromatic heterocycles. The maximum atomic E-state index is 9.07. The first kappa shape index (κ1) is 14.9. The van der Waals surface area contributed by atoms with Gasteiger partial charge >= 0.3 is 0 Å². The minimum Gasteiger partial charge on any atom is -0.395 e. The summed E-state index contributed by atoms with van der Waals surface area (Å²) in [5, 5.41) is 21.5. The summed E-state index contributed by atoms with van der Waals surface area (Å²) in [5.74, 6) is 0. The van der Waals surface area contributed by atoms with Gasteiger partial charge in [-0.2, -0.15) is 0 Å². The van der Waals surface area contributed by atoms with Crippen LogP contribution < -0.4 is 5.32 Å². The number of nitrogens with zero attached hydrogens (tertiary/aromatic N) is 1. The quantitative estimate of drug-likeness (QED) is 0.580. The number of nitrogens with one attached hydrogen (secondary N) is 1. The Labute approximate surface area is 105 Å². The summed E-state index contributed by atoms with van der Waals surface area (Å²) in [7, 11) is 2.01. The summed E-state index contributed by atoms with van der Waals surface area (Å²) < 4.78 is 0. The van der Waals surface area contributed by atoms with E-state index in [4.69, 9.17) is 10.2 Å². The largest absolute Gasteiger partial charge is 0.395 e. The van der Waals surface area contributed by atoms with Crippen molar-refractivity contribution in [2.24, 2.45) is 5.41 Å². The molecule has 4 heteroatoms. The second kappa shape index (κ2) is 8.03. The summed E-state index contributed by atoms with van der Waals surface area (Å²) in [6.07, 6.45) is 6.51. The van der Waals surface area contributed by atoms with Crippen LogP contribution >= 0.6 is 0 Å². The molecular weight excluding hydrogens is 216 g/mol. The Bertz CT molecular complexity index is 182. The highest BCUT2D eigenvalue weighted by molar-refractivity contribution is 4.87. The van der Waals surface area contributed by atoms with Crippen LogP contribution in [0.15, 0.2) is 0 Å². The molecule has 0 amide bonds. The van der Waals surface area contributed by atoms with Crippen molar-refractivity contribution in [3.8, 4) is 0 Å². The zero-order valence-electron chi connectivity index (χ0n) is 11.1. The molecule has 102 valence electrons. The second-order valence-corrected chi connectivity index (χ2v) is 5.31. The lowest BCUT2D eigenvalue weighted by atomic mass is 9.73. The van der Waals surface area contributed by atoms with Gasteiger partial charge in [-0.05, 0) is 25.3 Å². The first-order valence-electron chi connectivity index (χ1n) is 6.85. The Morgan fingerprint density at radius 1 is 1.06 bits per heavy atom. The van der Waals surface area contributed by atoms with E-state index < -0.39 is 0 Å². The topological polar surface area (TPSA) is 55.7 Å². The second-order valence-electron chi connectivity index (χ2n) is 5.31. The Balaban J connectivity index is 2.55. The standard InChI is InChI=1S/C13H28N2O2/c1-14-11-13(5-3-2-4-6-13)12-15(7-9-16)8-10-17/h14,16-17H,2-12H2,1H3. The molecule has 0 aromatic carbocycles. The van der Waals surface area contributed by atoms with Crippen LogP contribution in [0.4, 0.5) is 0 Å². The van der Waals surface area contributed by atoms with Crippen molar-refractivity contribution in [2.75, 3.05) is 46.4 Å². The van der Waals surface area contributed by atoms with Crippen LogP contribution in [0, 0.1) is 5.41 Å². The van der Waals surface area contributed by atoms with Crippen molar-refractivity contribution in [3.05, 3.63) is 0 Å². The number of hydrogen-bond acceptors (Lipinski definition) is 4. The molecule has 3 N–H and O–H groups in total. The third-order valence-electron chi connectivity index (χ3n) is 3.86. The molecule has 4 nitrogen and oxygen atoms in total. The van der Waals surface area contributed by atoms with E-state index >= 15 is 0 Å². The molecule has 0 spiro atoms. The highest BCUT2D eigenvalue weighted by Gasteiger charge is 2.32. The maximum Gasteiger partial charge on any atom is 0.0558 e. The predicted molar refractivity (Wildman–Crippen MR) is 70.1 cm³/mol. The van der Waals surface area contributed by atoms with E-state index in [0.717, 1.165) is 13.1 Å². The average molecular weight is 244 g/mol. The molecule has 17 heavy (non-hydrogen) atoms. The Morgan fingerprint density at radius 3 is 2.12 bits per heavy atom. The van der Waals surface area contributed by atoms with Gasteiger partial charge < -0.3 is 15.5 Å². The first-order valence-corrected chi connectivity index (χ1v) is 6.85. The van der Waals surface area contributed by atoms with Crippen molar-refractivity contribution in [3.63, 3.8) is 0 Å². The average Bonchev–Trinajstić information content (AvgIpc) is 2.31. The van der Waals surface area contributed by atoms with Gasteiger partial charge in [0.15, 0.2) is 0 Å². The lowest BCUT2D eigenvalue weighted by Crippen LogP contribution is -2.46. The van der Waals surface area contributed by atoms with Gasteiger partial charge in [-0.15, -0.1) is 0 Å². The molecule has 1 fully saturated rings. The van der Waals surface area contributed by atoms with Crippen LogP contribution in [0.3, 0.4) is 0 Å². The third-order valence-corrected chi connectivity index (χ3v) is 3.86. The van der Waals surface area contributed by atoms with Gasteiger partial charge in [-0.3, -0.25) is 4.90 Å². The fourth-order valence-corrected chi connectivity index (χ4v) is 3.09. The summed E-state index contributed by atoms with van der Waals surface area (Å²) in [6, 6.07) is 0. The number of hydrogen-bond donors (Lipinski definition) is 3. The molecule has 0 unspecified atom stereocenters. The van der Waals surface area contributed by atoms with Crippen LogP contribution in [0.2, 0.25) is 0 Å². The highest BCUT2D eigenvalue weighted by atomic mass is 16.3. The Morgan fingerprint density at radius 2 is 1.65 bits per heavy atom. The van der Waals surface area contributed by atoms with Gasteiger partial charge in [0, 0.05) is 26.2 Å². The van der Waals surface area contributed by atoms with Gasteiger partial charge in [0.05, 0.1) is 13.2 Å². The van der Waals surface area contributed by atoms with Crippen LogP contribution in [0.25, 0.3) is 0 Å². The third kappa shape index (κ3) is 4.92. The van der Waals surface area contributed by atoms with Crippen molar-refractivity contribution in [1.29, 1.82) is 0 Å². The molecule has 0 saturated heterocycles. The van der Waals surface area contributed by atoms with Gasteiger partial charge in [-0.1, -0.05) is 19.3 Å². The maximum absolute atomic E-state index is 9.07. The summed E-state index contributed by atoms with van der Waals surface area (Å²) in [5.41, 5.74) is 0.345. The number of aliphatic hydroxyl groups excluding tert-OH is 2. The molecular formula is C13H28N2O2. The van der Waals surface area contributed by atoms with E-state index in [9.17, 15) is 0 Å². The smallest absolute Gasteiger partial charge is 0.0558 e.